The largest absolute Gasteiger partial charge is 0.360 e. The minimum Gasteiger partial charge on any atom is -0.360 e. The zero-order chi connectivity index (χ0) is 20.5. The maximum atomic E-state index is 12.9. The molecule has 1 aliphatic rings. The van der Waals surface area contributed by atoms with Crippen molar-refractivity contribution in [3.8, 4) is 0 Å². The Morgan fingerprint density at radius 1 is 1.11 bits per heavy atom. The van der Waals surface area contributed by atoms with E-state index >= 15 is 0 Å². The van der Waals surface area contributed by atoms with E-state index in [4.69, 9.17) is 4.52 Å². The molecule has 1 atom stereocenters. The highest BCUT2D eigenvalue weighted by atomic mass is 32.2. The van der Waals surface area contributed by atoms with Gasteiger partial charge in [0.05, 0.1) is 10.9 Å². The van der Waals surface area contributed by atoms with Gasteiger partial charge in [-0.15, -0.1) is 0 Å². The van der Waals surface area contributed by atoms with Crippen LogP contribution in [0.1, 0.15) is 23.8 Å². The number of hydrogen-bond acceptors (Lipinski definition) is 6. The molecule has 0 radical (unpaired) electrons. The van der Waals surface area contributed by atoms with Crippen molar-refractivity contribution >= 4 is 21.7 Å². The topological polar surface area (TPSA) is 95.8 Å². The molecule has 1 aromatic carbocycles. The van der Waals surface area contributed by atoms with Gasteiger partial charge in [0.25, 0.3) is 0 Å². The van der Waals surface area contributed by atoms with Crippen LogP contribution in [0, 0.1) is 20.8 Å². The van der Waals surface area contributed by atoms with Gasteiger partial charge in [0.2, 0.25) is 15.9 Å². The fraction of sp³-hybridized carbons (Fsp3) is 0.474. The van der Waals surface area contributed by atoms with Gasteiger partial charge in [-0.2, -0.15) is 4.31 Å². The van der Waals surface area contributed by atoms with E-state index in [1.54, 1.807) is 32.0 Å². The molecule has 1 fully saturated rings. The summed E-state index contributed by atoms with van der Waals surface area (Å²) < 4.78 is 32.3. The lowest BCUT2D eigenvalue weighted by Gasteiger charge is -2.36. The smallest absolute Gasteiger partial charge is 0.243 e. The third-order valence-corrected chi connectivity index (χ3v) is 7.09. The van der Waals surface area contributed by atoms with Crippen LogP contribution in [0.3, 0.4) is 0 Å². The lowest BCUT2D eigenvalue weighted by atomic mass is 10.1. The second-order valence-corrected chi connectivity index (χ2v) is 9.11. The maximum Gasteiger partial charge on any atom is 0.243 e. The molecular formula is C19H26N4O4S. The number of aryl methyl sites for hydroxylation is 3. The van der Waals surface area contributed by atoms with Gasteiger partial charge in [0.1, 0.15) is 5.76 Å². The van der Waals surface area contributed by atoms with Crippen molar-refractivity contribution in [1.82, 2.24) is 14.4 Å². The summed E-state index contributed by atoms with van der Waals surface area (Å²) in [5.41, 5.74) is 2.01. The van der Waals surface area contributed by atoms with E-state index in [1.165, 1.54) is 4.31 Å². The Hall–Kier alpha value is -2.23. The number of amides is 1. The summed E-state index contributed by atoms with van der Waals surface area (Å²) in [6.45, 7) is 9.07. The van der Waals surface area contributed by atoms with Gasteiger partial charge in [-0.25, -0.2) is 8.42 Å². The fourth-order valence-corrected chi connectivity index (χ4v) is 4.68. The highest BCUT2D eigenvalue weighted by Crippen LogP contribution is 2.21. The first kappa shape index (κ1) is 20.5. The molecular weight excluding hydrogens is 380 g/mol. The first-order valence-electron chi connectivity index (χ1n) is 9.24. The fourth-order valence-electron chi connectivity index (χ4n) is 3.18. The maximum absolute atomic E-state index is 12.9. The monoisotopic (exact) mass is 406 g/mol. The number of carbonyl (C=O) groups excluding carboxylic acids is 1. The van der Waals surface area contributed by atoms with E-state index in [-0.39, 0.29) is 5.91 Å². The van der Waals surface area contributed by atoms with Gasteiger partial charge in [0.15, 0.2) is 5.82 Å². The molecule has 0 aliphatic carbocycles. The molecule has 0 saturated carbocycles. The number of nitrogens with zero attached hydrogens (tertiary/aromatic N) is 3. The summed E-state index contributed by atoms with van der Waals surface area (Å²) >= 11 is 0. The Bertz CT molecular complexity index is 962. The normalized spacial score (nSPS) is 17.4. The summed E-state index contributed by atoms with van der Waals surface area (Å²) in [7, 11) is -3.53. The molecule has 3 rings (SSSR count). The van der Waals surface area contributed by atoms with Gasteiger partial charge in [-0.05, 0) is 51.0 Å². The van der Waals surface area contributed by atoms with Crippen molar-refractivity contribution in [1.29, 1.82) is 0 Å². The molecule has 9 heteroatoms. The van der Waals surface area contributed by atoms with E-state index in [1.807, 2.05) is 24.8 Å². The van der Waals surface area contributed by atoms with Crippen LogP contribution in [-0.2, 0) is 14.8 Å². The first-order chi connectivity index (χ1) is 13.2. The number of benzene rings is 1. The summed E-state index contributed by atoms with van der Waals surface area (Å²) in [5.74, 6) is 0.803. The van der Waals surface area contributed by atoms with Crippen LogP contribution in [0.4, 0.5) is 5.82 Å². The van der Waals surface area contributed by atoms with Crippen molar-refractivity contribution in [2.24, 2.45) is 0 Å². The third kappa shape index (κ3) is 4.26. The minimum absolute atomic E-state index is 0.196. The molecule has 0 bridgehead atoms. The summed E-state index contributed by atoms with van der Waals surface area (Å²) in [4.78, 5) is 14.7. The SMILES string of the molecule is Cc1cc(NC(=O)[C@@H](C)N2CCN(S(=O)(=O)c3ccc(C)c(C)c3)CC2)no1. The highest BCUT2D eigenvalue weighted by Gasteiger charge is 2.32. The van der Waals surface area contributed by atoms with Gasteiger partial charge >= 0.3 is 0 Å². The summed E-state index contributed by atoms with van der Waals surface area (Å²) in [6.07, 6.45) is 0. The number of rotatable bonds is 5. The van der Waals surface area contributed by atoms with Crippen LogP contribution in [0.25, 0.3) is 0 Å². The van der Waals surface area contributed by atoms with Crippen molar-refractivity contribution in [2.45, 2.75) is 38.6 Å². The molecule has 1 N–H and O–H groups in total. The molecule has 8 nitrogen and oxygen atoms in total. The molecule has 1 aromatic heterocycles. The molecule has 2 heterocycles. The van der Waals surface area contributed by atoms with Crippen LogP contribution in [0.15, 0.2) is 33.7 Å². The standard InChI is InChI=1S/C19H26N4O4S/c1-13-5-6-17(11-14(13)2)28(25,26)23-9-7-22(8-10-23)16(4)19(24)20-18-12-15(3)27-21-18/h5-6,11-12,16H,7-10H2,1-4H3,(H,20,21,24)/t16-/m1/s1. The van der Waals surface area contributed by atoms with Gasteiger partial charge in [0, 0.05) is 32.2 Å². The van der Waals surface area contributed by atoms with Crippen LogP contribution in [-0.4, -0.2) is 60.9 Å². The minimum atomic E-state index is -3.53. The zero-order valence-corrected chi connectivity index (χ0v) is 17.4. The Morgan fingerprint density at radius 3 is 2.36 bits per heavy atom. The van der Waals surface area contributed by atoms with E-state index in [0.29, 0.717) is 42.7 Å². The predicted octanol–water partition coefficient (Wildman–Crippen LogP) is 1.93. The van der Waals surface area contributed by atoms with E-state index in [2.05, 4.69) is 10.5 Å². The van der Waals surface area contributed by atoms with Gasteiger partial charge in [-0.3, -0.25) is 9.69 Å². The number of anilines is 1. The molecule has 2 aromatic rings. The molecule has 152 valence electrons. The lowest BCUT2D eigenvalue weighted by molar-refractivity contribution is -0.121. The molecule has 1 amide bonds. The Balaban J connectivity index is 1.61. The molecule has 28 heavy (non-hydrogen) atoms. The quantitative estimate of drug-likeness (QED) is 0.815. The van der Waals surface area contributed by atoms with E-state index < -0.39 is 16.1 Å². The molecule has 1 aliphatic heterocycles. The van der Waals surface area contributed by atoms with E-state index in [9.17, 15) is 13.2 Å². The van der Waals surface area contributed by atoms with Crippen LogP contribution in [0.2, 0.25) is 0 Å². The van der Waals surface area contributed by atoms with Gasteiger partial charge in [-0.1, -0.05) is 11.2 Å². The van der Waals surface area contributed by atoms with Gasteiger partial charge < -0.3 is 9.84 Å². The summed E-state index contributed by atoms with van der Waals surface area (Å²) in [6, 6.07) is 6.45. The third-order valence-electron chi connectivity index (χ3n) is 5.20. The Labute approximate surface area is 165 Å². The number of aromatic nitrogens is 1. The average Bonchev–Trinajstić information content (AvgIpc) is 3.08. The number of hydrogen-bond donors (Lipinski definition) is 1. The molecule has 0 spiro atoms. The van der Waals surface area contributed by atoms with Crippen molar-refractivity contribution in [3.63, 3.8) is 0 Å². The molecule has 0 unspecified atom stereocenters. The number of sulfonamides is 1. The van der Waals surface area contributed by atoms with Crippen LogP contribution >= 0.6 is 0 Å². The second-order valence-electron chi connectivity index (χ2n) is 7.17. The number of piperazine rings is 1. The van der Waals surface area contributed by atoms with Crippen molar-refractivity contribution in [2.75, 3.05) is 31.5 Å². The highest BCUT2D eigenvalue weighted by molar-refractivity contribution is 7.89. The lowest BCUT2D eigenvalue weighted by Crippen LogP contribution is -2.53. The predicted molar refractivity (Wildman–Crippen MR) is 106 cm³/mol. The summed E-state index contributed by atoms with van der Waals surface area (Å²) in [5, 5.41) is 6.48. The van der Waals surface area contributed by atoms with Crippen LogP contribution < -0.4 is 5.32 Å². The Morgan fingerprint density at radius 2 is 1.79 bits per heavy atom. The zero-order valence-electron chi connectivity index (χ0n) is 16.6. The van der Waals surface area contributed by atoms with E-state index in [0.717, 1.165) is 11.1 Å². The molecule has 1 saturated heterocycles. The number of carbonyl (C=O) groups is 1. The van der Waals surface area contributed by atoms with Crippen LogP contribution in [0.5, 0.6) is 0 Å². The Kier molecular flexibility index (Phi) is 5.87. The first-order valence-corrected chi connectivity index (χ1v) is 10.7. The average molecular weight is 407 g/mol. The number of nitrogens with one attached hydrogen (secondary N) is 1. The van der Waals surface area contributed by atoms with Crippen molar-refractivity contribution < 1.29 is 17.7 Å². The second kappa shape index (κ2) is 8.02. The van der Waals surface area contributed by atoms with Crippen molar-refractivity contribution in [3.05, 3.63) is 41.2 Å².